The summed E-state index contributed by atoms with van der Waals surface area (Å²) in [5.74, 6) is -0.0125. The normalized spacial score (nSPS) is 25.4. The van der Waals surface area contributed by atoms with Crippen LogP contribution in [0.4, 0.5) is 0 Å². The molecule has 4 rings (SSSR count). The molecule has 1 N–H and O–H groups in total. The molecule has 0 bridgehead atoms. The molecule has 1 aromatic heterocycles. The summed E-state index contributed by atoms with van der Waals surface area (Å²) in [4.78, 5) is 4.09. The number of aromatic nitrogens is 1. The molecule has 2 aliphatic heterocycles. The summed E-state index contributed by atoms with van der Waals surface area (Å²) < 4.78 is 59.9. The Kier molecular flexibility index (Phi) is 3.80. The second kappa shape index (κ2) is 5.77. The molecule has 1 fully saturated rings. The van der Waals surface area contributed by atoms with Gasteiger partial charge in [0.15, 0.2) is 0 Å². The summed E-state index contributed by atoms with van der Waals surface area (Å²) >= 11 is 0. The average Bonchev–Trinajstić information content (AvgIpc) is 2.94. The number of rotatable bonds is 2. The van der Waals surface area contributed by atoms with Crippen molar-refractivity contribution in [2.45, 2.75) is 21.9 Å². The van der Waals surface area contributed by atoms with Gasteiger partial charge in [-0.3, -0.25) is 0 Å². The number of sulfonamides is 2. The number of ether oxygens (including phenoxy) is 1. The smallest absolute Gasteiger partial charge is 0.246 e. The Labute approximate surface area is 145 Å². The van der Waals surface area contributed by atoms with Crippen LogP contribution in [0, 0.1) is 0 Å². The highest BCUT2D eigenvalue weighted by atomic mass is 32.2. The Morgan fingerprint density at radius 3 is 2.64 bits per heavy atom. The van der Waals surface area contributed by atoms with Gasteiger partial charge >= 0.3 is 0 Å². The Morgan fingerprint density at radius 2 is 1.88 bits per heavy atom. The third kappa shape index (κ3) is 2.80. The van der Waals surface area contributed by atoms with Crippen LogP contribution in [0.25, 0.3) is 0 Å². The minimum atomic E-state index is -3.83. The third-order valence-electron chi connectivity index (χ3n) is 4.21. The van der Waals surface area contributed by atoms with E-state index in [1.54, 1.807) is 18.2 Å². The zero-order valence-corrected chi connectivity index (χ0v) is 14.6. The first-order valence-electron chi connectivity index (χ1n) is 7.57. The van der Waals surface area contributed by atoms with Gasteiger partial charge in [0.25, 0.3) is 0 Å². The molecule has 2 aliphatic rings. The lowest BCUT2D eigenvalue weighted by atomic mass is 10.2. The van der Waals surface area contributed by atoms with Crippen molar-refractivity contribution in [2.24, 2.45) is 0 Å². The summed E-state index contributed by atoms with van der Waals surface area (Å²) in [7, 11) is -7.55. The minimum absolute atomic E-state index is 0.00485. The van der Waals surface area contributed by atoms with Crippen LogP contribution in [-0.4, -0.2) is 51.4 Å². The van der Waals surface area contributed by atoms with E-state index in [1.807, 2.05) is 0 Å². The standard InChI is InChI=1S/C15H15N3O5S2/c19-24(20)14-7-4-8-16-15(14)23-13-10-18(9-12(13)17-24)25(21,22)11-5-2-1-3-6-11/h1-8,12-13,17H,9-10H2. The van der Waals surface area contributed by atoms with Crippen molar-refractivity contribution in [3.63, 3.8) is 0 Å². The Hall–Kier alpha value is -2.01. The topological polar surface area (TPSA) is 106 Å². The van der Waals surface area contributed by atoms with E-state index in [0.29, 0.717) is 0 Å². The van der Waals surface area contributed by atoms with Gasteiger partial charge < -0.3 is 4.74 Å². The Morgan fingerprint density at radius 1 is 1.12 bits per heavy atom. The first-order valence-corrected chi connectivity index (χ1v) is 10.5. The van der Waals surface area contributed by atoms with Crippen molar-refractivity contribution in [1.82, 2.24) is 14.0 Å². The van der Waals surface area contributed by atoms with Crippen LogP contribution in [0.15, 0.2) is 58.5 Å². The number of pyridine rings is 1. The van der Waals surface area contributed by atoms with Crippen LogP contribution < -0.4 is 9.46 Å². The number of hydrogen-bond acceptors (Lipinski definition) is 6. The van der Waals surface area contributed by atoms with Gasteiger partial charge in [0.1, 0.15) is 11.0 Å². The largest absolute Gasteiger partial charge is 0.470 e. The van der Waals surface area contributed by atoms with Crippen LogP contribution in [0.1, 0.15) is 0 Å². The van der Waals surface area contributed by atoms with Crippen molar-refractivity contribution < 1.29 is 21.6 Å². The molecule has 2 atom stereocenters. The van der Waals surface area contributed by atoms with E-state index < -0.39 is 32.2 Å². The molecule has 8 nitrogen and oxygen atoms in total. The number of benzene rings is 1. The van der Waals surface area contributed by atoms with Gasteiger partial charge in [-0.15, -0.1) is 0 Å². The summed E-state index contributed by atoms with van der Waals surface area (Å²) in [5, 5.41) is 0. The third-order valence-corrected chi connectivity index (χ3v) is 7.56. The molecule has 25 heavy (non-hydrogen) atoms. The second-order valence-corrected chi connectivity index (χ2v) is 9.45. The summed E-state index contributed by atoms with van der Waals surface area (Å²) in [6.07, 6.45) is 0.784. The van der Waals surface area contributed by atoms with Gasteiger partial charge in [-0.25, -0.2) is 26.5 Å². The number of nitrogens with zero attached hydrogens (tertiary/aromatic N) is 2. The molecule has 10 heteroatoms. The van der Waals surface area contributed by atoms with Gasteiger partial charge in [-0.05, 0) is 24.3 Å². The fraction of sp³-hybridized carbons (Fsp3) is 0.267. The first kappa shape index (κ1) is 16.5. The maximum Gasteiger partial charge on any atom is 0.246 e. The highest BCUT2D eigenvalue weighted by Crippen LogP contribution is 2.30. The molecule has 132 valence electrons. The Bertz CT molecular complexity index is 1010. The summed E-state index contributed by atoms with van der Waals surface area (Å²) in [6.45, 7) is 0.0372. The first-order chi connectivity index (χ1) is 11.9. The van der Waals surface area contributed by atoms with Gasteiger partial charge in [0, 0.05) is 12.7 Å². The van der Waals surface area contributed by atoms with Gasteiger partial charge in [-0.2, -0.15) is 4.31 Å². The van der Waals surface area contributed by atoms with Crippen LogP contribution in [0.2, 0.25) is 0 Å². The maximum absolute atomic E-state index is 12.7. The molecule has 0 saturated carbocycles. The van der Waals surface area contributed by atoms with Crippen molar-refractivity contribution in [1.29, 1.82) is 0 Å². The Balaban J connectivity index is 1.67. The highest BCUT2D eigenvalue weighted by molar-refractivity contribution is 7.89. The fourth-order valence-corrected chi connectivity index (χ4v) is 5.82. The molecule has 3 heterocycles. The molecule has 0 aliphatic carbocycles. The number of fused-ring (bicyclic) bond motifs is 2. The van der Waals surface area contributed by atoms with Crippen molar-refractivity contribution >= 4 is 20.0 Å². The monoisotopic (exact) mass is 381 g/mol. The SMILES string of the molecule is O=S1(=O)NC2CN(S(=O)(=O)c3ccccc3)CC2Oc2ncccc21. The van der Waals surface area contributed by atoms with Crippen molar-refractivity contribution in [3.8, 4) is 5.88 Å². The average molecular weight is 381 g/mol. The molecule has 0 spiro atoms. The predicted molar refractivity (Wildman–Crippen MR) is 88.0 cm³/mol. The van der Waals surface area contributed by atoms with Crippen LogP contribution >= 0.6 is 0 Å². The quantitative estimate of drug-likeness (QED) is 0.796. The molecule has 0 amide bonds. The molecule has 2 aromatic rings. The maximum atomic E-state index is 12.7. The van der Waals surface area contributed by atoms with Gasteiger partial charge in [0.2, 0.25) is 25.9 Å². The summed E-state index contributed by atoms with van der Waals surface area (Å²) in [6, 6.07) is 10.3. The van der Waals surface area contributed by atoms with E-state index in [1.165, 1.54) is 34.8 Å². The highest BCUT2D eigenvalue weighted by Gasteiger charge is 2.45. The minimum Gasteiger partial charge on any atom is -0.470 e. The fourth-order valence-electron chi connectivity index (χ4n) is 2.99. The molecule has 1 saturated heterocycles. The molecule has 1 aromatic carbocycles. The van der Waals surface area contributed by atoms with Crippen molar-refractivity contribution in [3.05, 3.63) is 48.7 Å². The number of nitrogens with one attached hydrogen (secondary N) is 1. The lowest BCUT2D eigenvalue weighted by molar-refractivity contribution is 0.186. The summed E-state index contributed by atoms with van der Waals surface area (Å²) in [5.41, 5.74) is 0. The van der Waals surface area contributed by atoms with Crippen LogP contribution in [0.3, 0.4) is 0 Å². The lowest BCUT2D eigenvalue weighted by Crippen LogP contribution is -2.42. The molecule has 2 unspecified atom stereocenters. The van der Waals surface area contributed by atoms with Gasteiger partial charge in [0.05, 0.1) is 17.5 Å². The van der Waals surface area contributed by atoms with Gasteiger partial charge in [-0.1, -0.05) is 18.2 Å². The zero-order chi connectivity index (χ0) is 17.7. The van der Waals surface area contributed by atoms with E-state index in [-0.39, 0.29) is 28.8 Å². The zero-order valence-electron chi connectivity index (χ0n) is 12.9. The lowest BCUT2D eigenvalue weighted by Gasteiger charge is -2.17. The van der Waals surface area contributed by atoms with E-state index >= 15 is 0 Å². The van der Waals surface area contributed by atoms with E-state index in [2.05, 4.69) is 9.71 Å². The van der Waals surface area contributed by atoms with Crippen LogP contribution in [-0.2, 0) is 20.0 Å². The predicted octanol–water partition coefficient (Wildman–Crippen LogP) is 0.194. The van der Waals surface area contributed by atoms with E-state index in [4.69, 9.17) is 4.74 Å². The van der Waals surface area contributed by atoms with Crippen molar-refractivity contribution in [2.75, 3.05) is 13.1 Å². The van der Waals surface area contributed by atoms with Crippen LogP contribution in [0.5, 0.6) is 5.88 Å². The molecular formula is C15H15N3O5S2. The number of hydrogen-bond donors (Lipinski definition) is 1. The molecular weight excluding hydrogens is 366 g/mol. The second-order valence-electron chi connectivity index (χ2n) is 5.83. The van der Waals surface area contributed by atoms with E-state index in [9.17, 15) is 16.8 Å². The van der Waals surface area contributed by atoms with E-state index in [0.717, 1.165) is 0 Å². The molecule has 0 radical (unpaired) electrons.